The lowest BCUT2D eigenvalue weighted by Crippen LogP contribution is -2.30. The molecular formula is C11H16N4O3. The standard InChI is InChI=1S/C11H16N4O3/c1-11(16)3-4-14(7-11)10-6-8(15(17)18)5-9(12-2)13-10/h5-6,16H,3-4,7H2,1-2H3,(H,12,13). The summed E-state index contributed by atoms with van der Waals surface area (Å²) < 4.78 is 0. The van der Waals surface area contributed by atoms with Crippen LogP contribution in [-0.2, 0) is 0 Å². The van der Waals surface area contributed by atoms with Gasteiger partial charge in [0.05, 0.1) is 22.7 Å². The van der Waals surface area contributed by atoms with E-state index in [1.54, 1.807) is 14.0 Å². The zero-order valence-corrected chi connectivity index (χ0v) is 10.4. The zero-order valence-electron chi connectivity index (χ0n) is 10.4. The van der Waals surface area contributed by atoms with Gasteiger partial charge in [-0.15, -0.1) is 0 Å². The van der Waals surface area contributed by atoms with Crippen LogP contribution in [0.3, 0.4) is 0 Å². The summed E-state index contributed by atoms with van der Waals surface area (Å²) in [5, 5.41) is 23.6. The minimum atomic E-state index is -0.758. The Labute approximate surface area is 105 Å². The molecule has 0 saturated carbocycles. The monoisotopic (exact) mass is 252 g/mol. The van der Waals surface area contributed by atoms with Crippen molar-refractivity contribution in [2.24, 2.45) is 0 Å². The van der Waals surface area contributed by atoms with Gasteiger partial charge in [0.2, 0.25) is 0 Å². The molecule has 0 spiro atoms. The summed E-state index contributed by atoms with van der Waals surface area (Å²) in [7, 11) is 1.66. The molecule has 1 unspecified atom stereocenters. The molecule has 1 saturated heterocycles. The van der Waals surface area contributed by atoms with Crippen molar-refractivity contribution in [3.8, 4) is 0 Å². The molecular weight excluding hydrogens is 236 g/mol. The van der Waals surface area contributed by atoms with Crippen molar-refractivity contribution >= 4 is 17.3 Å². The van der Waals surface area contributed by atoms with Crippen LogP contribution in [-0.4, -0.2) is 40.8 Å². The smallest absolute Gasteiger partial charge is 0.276 e. The molecule has 7 heteroatoms. The molecule has 2 heterocycles. The molecule has 1 atom stereocenters. The molecule has 0 bridgehead atoms. The van der Waals surface area contributed by atoms with Gasteiger partial charge in [0.25, 0.3) is 5.69 Å². The van der Waals surface area contributed by atoms with E-state index in [0.29, 0.717) is 31.1 Å². The van der Waals surface area contributed by atoms with Gasteiger partial charge in [0.1, 0.15) is 11.6 Å². The second-order valence-corrected chi connectivity index (χ2v) is 4.74. The van der Waals surface area contributed by atoms with Crippen LogP contribution in [0.1, 0.15) is 13.3 Å². The van der Waals surface area contributed by atoms with Crippen LogP contribution < -0.4 is 10.2 Å². The number of hydrogen-bond acceptors (Lipinski definition) is 6. The van der Waals surface area contributed by atoms with Crippen molar-refractivity contribution in [3.63, 3.8) is 0 Å². The third-order valence-electron chi connectivity index (χ3n) is 3.04. The van der Waals surface area contributed by atoms with Crippen molar-refractivity contribution in [2.75, 3.05) is 30.4 Å². The summed E-state index contributed by atoms with van der Waals surface area (Å²) in [6.07, 6.45) is 0.631. The van der Waals surface area contributed by atoms with Gasteiger partial charge in [0, 0.05) is 20.1 Å². The van der Waals surface area contributed by atoms with Crippen LogP contribution in [0.15, 0.2) is 12.1 Å². The Morgan fingerprint density at radius 1 is 1.61 bits per heavy atom. The first-order valence-electron chi connectivity index (χ1n) is 5.73. The number of aliphatic hydroxyl groups is 1. The molecule has 1 fully saturated rings. The van der Waals surface area contributed by atoms with E-state index < -0.39 is 10.5 Å². The highest BCUT2D eigenvalue weighted by Crippen LogP contribution is 2.29. The minimum absolute atomic E-state index is 0.00380. The van der Waals surface area contributed by atoms with E-state index in [4.69, 9.17) is 0 Å². The van der Waals surface area contributed by atoms with E-state index in [9.17, 15) is 15.2 Å². The fourth-order valence-electron chi connectivity index (χ4n) is 2.04. The second kappa shape index (κ2) is 4.41. The number of aromatic nitrogens is 1. The van der Waals surface area contributed by atoms with Crippen molar-refractivity contribution in [2.45, 2.75) is 18.9 Å². The van der Waals surface area contributed by atoms with Crippen LogP contribution >= 0.6 is 0 Å². The molecule has 7 nitrogen and oxygen atoms in total. The van der Waals surface area contributed by atoms with Gasteiger partial charge >= 0.3 is 0 Å². The van der Waals surface area contributed by atoms with Gasteiger partial charge in [-0.25, -0.2) is 4.98 Å². The Bertz CT molecular complexity index is 475. The maximum Gasteiger partial charge on any atom is 0.276 e. The molecule has 18 heavy (non-hydrogen) atoms. The van der Waals surface area contributed by atoms with Crippen LogP contribution in [0.5, 0.6) is 0 Å². The Morgan fingerprint density at radius 3 is 2.83 bits per heavy atom. The Hall–Kier alpha value is -1.89. The molecule has 0 aliphatic carbocycles. The Balaban J connectivity index is 2.33. The number of anilines is 2. The van der Waals surface area contributed by atoms with Gasteiger partial charge < -0.3 is 15.3 Å². The first-order chi connectivity index (χ1) is 8.41. The van der Waals surface area contributed by atoms with Gasteiger partial charge in [0.15, 0.2) is 0 Å². The average molecular weight is 252 g/mol. The first-order valence-corrected chi connectivity index (χ1v) is 5.73. The van der Waals surface area contributed by atoms with Crippen LogP contribution in [0.25, 0.3) is 0 Å². The van der Waals surface area contributed by atoms with E-state index in [-0.39, 0.29) is 5.69 Å². The molecule has 1 aliphatic rings. The van der Waals surface area contributed by atoms with Crippen molar-refractivity contribution in [1.82, 2.24) is 4.98 Å². The van der Waals surface area contributed by atoms with Crippen molar-refractivity contribution in [3.05, 3.63) is 22.2 Å². The number of nitro groups is 1. The number of hydrogen-bond donors (Lipinski definition) is 2. The van der Waals surface area contributed by atoms with E-state index in [2.05, 4.69) is 10.3 Å². The van der Waals surface area contributed by atoms with E-state index in [1.165, 1.54) is 12.1 Å². The molecule has 98 valence electrons. The Kier molecular flexibility index (Phi) is 3.08. The van der Waals surface area contributed by atoms with Crippen LogP contribution in [0, 0.1) is 10.1 Å². The lowest BCUT2D eigenvalue weighted by Gasteiger charge is -2.20. The molecule has 1 aliphatic heterocycles. The van der Waals surface area contributed by atoms with Gasteiger partial charge in [-0.1, -0.05) is 0 Å². The second-order valence-electron chi connectivity index (χ2n) is 4.74. The average Bonchev–Trinajstić information content (AvgIpc) is 2.69. The number of rotatable bonds is 3. The normalized spacial score (nSPS) is 23.2. The highest BCUT2D eigenvalue weighted by Gasteiger charge is 2.32. The van der Waals surface area contributed by atoms with Gasteiger partial charge in [-0.2, -0.15) is 0 Å². The highest BCUT2D eigenvalue weighted by atomic mass is 16.6. The summed E-state index contributed by atoms with van der Waals surface area (Å²) in [4.78, 5) is 16.5. The first kappa shape index (κ1) is 12.6. The topological polar surface area (TPSA) is 91.5 Å². The Morgan fingerprint density at radius 2 is 2.33 bits per heavy atom. The van der Waals surface area contributed by atoms with Crippen molar-refractivity contribution < 1.29 is 10.0 Å². The third-order valence-corrected chi connectivity index (χ3v) is 3.04. The molecule has 1 aromatic rings. The predicted octanol–water partition coefficient (Wildman–Crippen LogP) is 0.993. The molecule has 2 rings (SSSR count). The maximum absolute atomic E-state index is 10.8. The van der Waals surface area contributed by atoms with E-state index >= 15 is 0 Å². The third kappa shape index (κ3) is 2.51. The summed E-state index contributed by atoms with van der Waals surface area (Å²) in [6.45, 7) is 2.83. The fraction of sp³-hybridized carbons (Fsp3) is 0.545. The largest absolute Gasteiger partial charge is 0.388 e. The molecule has 2 N–H and O–H groups in total. The molecule has 1 aromatic heterocycles. The zero-order chi connectivity index (χ0) is 13.3. The number of β-amino-alcohol motifs (C(OH)–C–C–N with tert-alkyl or cyclic N) is 1. The van der Waals surface area contributed by atoms with Crippen molar-refractivity contribution in [1.29, 1.82) is 0 Å². The number of pyridine rings is 1. The maximum atomic E-state index is 10.8. The summed E-state index contributed by atoms with van der Waals surface area (Å²) in [5.41, 5.74) is -0.762. The summed E-state index contributed by atoms with van der Waals surface area (Å²) in [5.74, 6) is 0.970. The quantitative estimate of drug-likeness (QED) is 0.615. The molecule has 0 amide bonds. The molecule has 0 aromatic carbocycles. The number of nitrogens with one attached hydrogen (secondary N) is 1. The van der Waals surface area contributed by atoms with E-state index in [1.807, 2.05) is 4.90 Å². The lowest BCUT2D eigenvalue weighted by molar-refractivity contribution is -0.384. The molecule has 0 radical (unpaired) electrons. The lowest BCUT2D eigenvalue weighted by atomic mass is 10.1. The summed E-state index contributed by atoms with van der Waals surface area (Å²) in [6, 6.07) is 2.82. The fourth-order valence-corrected chi connectivity index (χ4v) is 2.04. The summed E-state index contributed by atoms with van der Waals surface area (Å²) >= 11 is 0. The predicted molar refractivity (Wildman–Crippen MR) is 67.9 cm³/mol. The van der Waals surface area contributed by atoms with E-state index in [0.717, 1.165) is 0 Å². The van der Waals surface area contributed by atoms with Crippen LogP contribution in [0.2, 0.25) is 0 Å². The SMILES string of the molecule is CNc1cc([N+](=O)[O-])cc(N2CCC(C)(O)C2)n1. The highest BCUT2D eigenvalue weighted by molar-refractivity contribution is 5.56. The van der Waals surface area contributed by atoms with Crippen LogP contribution in [0.4, 0.5) is 17.3 Å². The van der Waals surface area contributed by atoms with Gasteiger partial charge in [-0.3, -0.25) is 10.1 Å². The number of nitrogens with zero attached hydrogens (tertiary/aromatic N) is 3. The minimum Gasteiger partial charge on any atom is -0.388 e. The van der Waals surface area contributed by atoms with Gasteiger partial charge in [-0.05, 0) is 13.3 Å².